The van der Waals surface area contributed by atoms with Gasteiger partial charge in [0.2, 0.25) is 0 Å². The number of rotatable bonds is 6. The van der Waals surface area contributed by atoms with Gasteiger partial charge in [0, 0.05) is 45.0 Å². The number of hydrogen-bond donors (Lipinski definition) is 0. The summed E-state index contributed by atoms with van der Waals surface area (Å²) >= 11 is 0. The number of pyridine rings is 1. The summed E-state index contributed by atoms with van der Waals surface area (Å²) in [4.78, 5) is 15.6. The van der Waals surface area contributed by atoms with Crippen molar-refractivity contribution in [1.29, 1.82) is 0 Å². The molecule has 4 heterocycles. The van der Waals surface area contributed by atoms with E-state index in [9.17, 15) is 18.0 Å². The summed E-state index contributed by atoms with van der Waals surface area (Å²) in [5, 5.41) is 8.25. The molecular formula is C28H30F4N6O2. The molecule has 2 aliphatic rings. The molecule has 0 N–H and O–H groups in total. The molecule has 4 aromatic rings. The van der Waals surface area contributed by atoms with E-state index >= 15 is 4.39 Å². The smallest absolute Gasteiger partial charge is 0.376 e. The lowest BCUT2D eigenvalue weighted by atomic mass is 9.72. The first-order chi connectivity index (χ1) is 19.1. The minimum Gasteiger partial charge on any atom is -0.376 e. The molecule has 0 amide bonds. The summed E-state index contributed by atoms with van der Waals surface area (Å²) in [5.74, 6) is 0.0674. The first kappa shape index (κ1) is 26.7. The van der Waals surface area contributed by atoms with Gasteiger partial charge >= 0.3 is 11.9 Å². The molecule has 40 heavy (non-hydrogen) atoms. The van der Waals surface area contributed by atoms with Gasteiger partial charge in [0.15, 0.2) is 0 Å². The fourth-order valence-electron chi connectivity index (χ4n) is 5.93. The van der Waals surface area contributed by atoms with Crippen molar-refractivity contribution in [3.63, 3.8) is 0 Å². The molecule has 1 aromatic carbocycles. The fourth-order valence-corrected chi connectivity index (χ4v) is 5.93. The lowest BCUT2D eigenvalue weighted by molar-refractivity contribution is -0.136. The number of benzene rings is 1. The molecule has 8 nitrogen and oxygen atoms in total. The highest BCUT2D eigenvalue weighted by atomic mass is 19.4. The zero-order valence-corrected chi connectivity index (χ0v) is 22.2. The molecule has 0 radical (unpaired) electrons. The van der Waals surface area contributed by atoms with Gasteiger partial charge in [-0.2, -0.15) is 13.2 Å². The number of fused-ring (bicyclic) bond motifs is 1. The highest BCUT2D eigenvalue weighted by Crippen LogP contribution is 2.43. The SMILES string of the molecule is C[C@@H]1CN(Cc2cc(C(F)(F)F)c3cn(-c4cc(F)cc([C@@H](c5nncn5C)C5CCC5)c4)c(=O)n3c2)CCO1. The van der Waals surface area contributed by atoms with Gasteiger partial charge in [0.05, 0.1) is 29.5 Å². The van der Waals surface area contributed by atoms with Crippen LogP contribution in [-0.2, 0) is 24.5 Å². The number of hydrogen-bond acceptors (Lipinski definition) is 5. The molecule has 0 bridgehead atoms. The number of imidazole rings is 1. The van der Waals surface area contributed by atoms with Crippen molar-refractivity contribution in [3.05, 3.63) is 81.8 Å². The molecule has 1 saturated carbocycles. The van der Waals surface area contributed by atoms with Crippen molar-refractivity contribution in [1.82, 2.24) is 28.6 Å². The van der Waals surface area contributed by atoms with E-state index in [-0.39, 0.29) is 35.7 Å². The van der Waals surface area contributed by atoms with Crippen molar-refractivity contribution < 1.29 is 22.3 Å². The van der Waals surface area contributed by atoms with Gasteiger partial charge in [0.25, 0.3) is 0 Å². The number of morpholine rings is 1. The number of nitrogens with zero attached hydrogens (tertiary/aromatic N) is 6. The Balaban J connectivity index is 1.45. The van der Waals surface area contributed by atoms with Crippen LogP contribution >= 0.6 is 0 Å². The predicted octanol–water partition coefficient (Wildman–Crippen LogP) is 4.53. The van der Waals surface area contributed by atoms with E-state index in [4.69, 9.17) is 4.74 Å². The number of ether oxygens (including phenoxy) is 1. The minimum absolute atomic E-state index is 0.0316. The van der Waals surface area contributed by atoms with Crippen LogP contribution in [0.25, 0.3) is 11.2 Å². The average molecular weight is 559 g/mol. The lowest BCUT2D eigenvalue weighted by Gasteiger charge is -2.33. The number of aromatic nitrogens is 5. The molecule has 3 aromatic heterocycles. The van der Waals surface area contributed by atoms with Crippen LogP contribution in [0.15, 0.2) is 47.8 Å². The lowest BCUT2D eigenvalue weighted by Crippen LogP contribution is -2.40. The summed E-state index contributed by atoms with van der Waals surface area (Å²) < 4.78 is 67.1. The summed E-state index contributed by atoms with van der Waals surface area (Å²) in [7, 11) is 1.82. The van der Waals surface area contributed by atoms with Crippen molar-refractivity contribution in [3.8, 4) is 5.69 Å². The minimum atomic E-state index is -4.69. The molecule has 12 heteroatoms. The largest absolute Gasteiger partial charge is 0.418 e. The van der Waals surface area contributed by atoms with Gasteiger partial charge in [-0.15, -0.1) is 10.2 Å². The molecule has 212 valence electrons. The van der Waals surface area contributed by atoms with Crippen LogP contribution in [0, 0.1) is 11.7 Å². The summed E-state index contributed by atoms with van der Waals surface area (Å²) in [6.45, 7) is 3.81. The van der Waals surface area contributed by atoms with Gasteiger partial charge in [-0.25, -0.2) is 9.18 Å². The van der Waals surface area contributed by atoms with Crippen LogP contribution in [-0.4, -0.2) is 54.4 Å². The molecule has 1 saturated heterocycles. The van der Waals surface area contributed by atoms with E-state index in [1.807, 2.05) is 18.9 Å². The topological polar surface area (TPSA) is 69.6 Å². The molecular weight excluding hydrogens is 528 g/mol. The average Bonchev–Trinajstić information content (AvgIpc) is 3.42. The second kappa shape index (κ2) is 10.2. The quantitative estimate of drug-likeness (QED) is 0.326. The number of aryl methyl sites for hydroxylation is 1. The monoisotopic (exact) mass is 558 g/mol. The van der Waals surface area contributed by atoms with E-state index in [1.54, 1.807) is 17.0 Å². The van der Waals surface area contributed by atoms with Gasteiger partial charge in [0.1, 0.15) is 18.0 Å². The Morgan fingerprint density at radius 1 is 1.15 bits per heavy atom. The summed E-state index contributed by atoms with van der Waals surface area (Å²) in [5.41, 5.74) is -0.770. The van der Waals surface area contributed by atoms with E-state index in [0.29, 0.717) is 36.6 Å². The standard InChI is InChI=1S/C28H30F4N6O2/c1-17-12-36(6-7-40-17)13-18-8-23(28(30,31)32)24-15-37(27(39)38(24)14-18)22-10-20(9-21(29)11-22)25(19-4-3-5-19)26-34-33-16-35(26)2/h8-11,14-17,19,25H,3-7,12-13H2,1-2H3/t17-,25+/m1/s1. The van der Waals surface area contributed by atoms with Crippen LogP contribution in [0.1, 0.15) is 54.6 Å². The Bertz CT molecular complexity index is 1600. The van der Waals surface area contributed by atoms with Crippen LogP contribution in [0.2, 0.25) is 0 Å². The predicted molar refractivity (Wildman–Crippen MR) is 139 cm³/mol. The fraction of sp³-hybridized carbons (Fsp3) is 0.464. The van der Waals surface area contributed by atoms with E-state index in [0.717, 1.165) is 40.5 Å². The van der Waals surface area contributed by atoms with Crippen LogP contribution in [0.5, 0.6) is 0 Å². The van der Waals surface area contributed by atoms with E-state index in [2.05, 4.69) is 10.2 Å². The third-order valence-corrected chi connectivity index (χ3v) is 8.05. The van der Waals surface area contributed by atoms with Crippen LogP contribution < -0.4 is 5.69 Å². The van der Waals surface area contributed by atoms with Crippen LogP contribution in [0.3, 0.4) is 0 Å². The van der Waals surface area contributed by atoms with Crippen molar-refractivity contribution in [2.75, 3.05) is 19.7 Å². The summed E-state index contributed by atoms with van der Waals surface area (Å²) in [6.07, 6.45) is 2.39. The molecule has 6 rings (SSSR count). The maximum atomic E-state index is 15.1. The van der Waals surface area contributed by atoms with Gasteiger partial charge in [-0.1, -0.05) is 6.42 Å². The molecule has 0 unspecified atom stereocenters. The van der Waals surface area contributed by atoms with Gasteiger partial charge in [-0.05, 0) is 61.1 Å². The van der Waals surface area contributed by atoms with Gasteiger partial charge < -0.3 is 9.30 Å². The molecule has 1 aliphatic carbocycles. The Morgan fingerprint density at radius 2 is 1.95 bits per heavy atom. The molecule has 2 fully saturated rings. The van der Waals surface area contributed by atoms with Gasteiger partial charge in [-0.3, -0.25) is 13.9 Å². The number of halogens is 4. The van der Waals surface area contributed by atoms with Crippen molar-refractivity contribution in [2.45, 2.75) is 50.9 Å². The van der Waals surface area contributed by atoms with E-state index in [1.165, 1.54) is 18.3 Å². The van der Waals surface area contributed by atoms with E-state index < -0.39 is 23.2 Å². The Hall–Kier alpha value is -3.51. The zero-order chi connectivity index (χ0) is 28.2. The second-order valence-corrected chi connectivity index (χ2v) is 10.9. The first-order valence-electron chi connectivity index (χ1n) is 13.4. The molecule has 1 aliphatic heterocycles. The molecule has 0 spiro atoms. The number of alkyl halides is 3. The third-order valence-electron chi connectivity index (χ3n) is 8.05. The maximum absolute atomic E-state index is 15.1. The Labute approximate surface area is 227 Å². The highest BCUT2D eigenvalue weighted by molar-refractivity contribution is 5.58. The molecule has 2 atom stereocenters. The summed E-state index contributed by atoms with van der Waals surface area (Å²) in [6, 6.07) is 5.34. The van der Waals surface area contributed by atoms with Crippen molar-refractivity contribution >= 4 is 5.52 Å². The van der Waals surface area contributed by atoms with Crippen LogP contribution in [0.4, 0.5) is 17.6 Å². The Morgan fingerprint density at radius 3 is 2.60 bits per heavy atom. The maximum Gasteiger partial charge on any atom is 0.418 e. The highest BCUT2D eigenvalue weighted by Gasteiger charge is 2.36. The zero-order valence-electron chi connectivity index (χ0n) is 22.2. The second-order valence-electron chi connectivity index (χ2n) is 10.9. The Kier molecular flexibility index (Phi) is 6.78. The van der Waals surface area contributed by atoms with Crippen molar-refractivity contribution in [2.24, 2.45) is 13.0 Å². The normalized spacial score (nSPS) is 19.7. The first-order valence-corrected chi connectivity index (χ1v) is 13.4. The third kappa shape index (κ3) is 4.94.